The first-order valence-electron chi connectivity index (χ1n) is 9.85. The molecule has 1 aliphatic heterocycles. The van der Waals surface area contributed by atoms with E-state index >= 15 is 0 Å². The average Bonchev–Trinajstić information content (AvgIpc) is 2.70. The monoisotopic (exact) mass is 417 g/mol. The van der Waals surface area contributed by atoms with Gasteiger partial charge in [0.15, 0.2) is 5.78 Å². The normalized spacial score (nSPS) is 16.4. The second-order valence-electron chi connectivity index (χ2n) is 7.47. The fraction of sp³-hybridized carbons (Fsp3) is 0.391. The molecule has 1 aliphatic rings. The van der Waals surface area contributed by atoms with Gasteiger partial charge in [-0.15, -0.1) is 0 Å². The molecule has 1 saturated heterocycles. The first-order chi connectivity index (χ1) is 13.9. The molecule has 0 bridgehead atoms. The van der Waals surface area contributed by atoms with Gasteiger partial charge in [-0.2, -0.15) is 0 Å². The van der Waals surface area contributed by atoms with E-state index in [9.17, 15) is 14.0 Å². The fourth-order valence-electron chi connectivity index (χ4n) is 3.86. The Labute approximate surface area is 175 Å². The van der Waals surface area contributed by atoms with Gasteiger partial charge in [0.2, 0.25) is 0 Å². The predicted octanol–water partition coefficient (Wildman–Crippen LogP) is 5.00. The summed E-state index contributed by atoms with van der Waals surface area (Å²) in [6.07, 6.45) is 2.55. The number of carbonyl (C=O) groups excluding carboxylic acids is 2. The Kier molecular flexibility index (Phi) is 7.04. The van der Waals surface area contributed by atoms with E-state index < -0.39 is 5.60 Å². The summed E-state index contributed by atoms with van der Waals surface area (Å²) >= 11 is 6.00. The van der Waals surface area contributed by atoms with Gasteiger partial charge in [-0.25, -0.2) is 4.39 Å². The van der Waals surface area contributed by atoms with Gasteiger partial charge in [0.1, 0.15) is 11.4 Å². The van der Waals surface area contributed by atoms with E-state index in [2.05, 4.69) is 4.90 Å². The lowest BCUT2D eigenvalue weighted by atomic mass is 9.84. The molecule has 154 valence electrons. The number of piperidine rings is 1. The smallest absolute Gasteiger partial charge is 0.303 e. The van der Waals surface area contributed by atoms with Gasteiger partial charge in [-0.3, -0.25) is 9.59 Å². The van der Waals surface area contributed by atoms with Crippen molar-refractivity contribution in [2.45, 2.75) is 38.2 Å². The number of esters is 1. The van der Waals surface area contributed by atoms with Crippen molar-refractivity contribution in [1.82, 2.24) is 4.90 Å². The molecule has 4 nitrogen and oxygen atoms in total. The first-order valence-corrected chi connectivity index (χ1v) is 10.2. The summed E-state index contributed by atoms with van der Waals surface area (Å²) < 4.78 is 18.7. The van der Waals surface area contributed by atoms with Crippen molar-refractivity contribution in [2.75, 3.05) is 19.6 Å². The topological polar surface area (TPSA) is 46.6 Å². The lowest BCUT2D eigenvalue weighted by molar-refractivity contribution is -0.164. The summed E-state index contributed by atoms with van der Waals surface area (Å²) in [7, 11) is 0. The maximum absolute atomic E-state index is 13.0. The highest BCUT2D eigenvalue weighted by molar-refractivity contribution is 6.30. The maximum Gasteiger partial charge on any atom is 0.303 e. The van der Waals surface area contributed by atoms with Gasteiger partial charge in [-0.1, -0.05) is 23.7 Å². The van der Waals surface area contributed by atoms with Crippen molar-refractivity contribution in [3.8, 4) is 0 Å². The summed E-state index contributed by atoms with van der Waals surface area (Å²) in [5, 5.41) is 0.648. The highest BCUT2D eigenvalue weighted by Crippen LogP contribution is 2.37. The molecule has 0 amide bonds. The predicted molar refractivity (Wildman–Crippen MR) is 111 cm³/mol. The van der Waals surface area contributed by atoms with Crippen molar-refractivity contribution in [3.05, 3.63) is 70.5 Å². The highest BCUT2D eigenvalue weighted by atomic mass is 35.5. The van der Waals surface area contributed by atoms with Crippen LogP contribution < -0.4 is 0 Å². The largest absolute Gasteiger partial charge is 0.454 e. The van der Waals surface area contributed by atoms with E-state index in [1.54, 1.807) is 0 Å². The van der Waals surface area contributed by atoms with Crippen molar-refractivity contribution in [3.63, 3.8) is 0 Å². The van der Waals surface area contributed by atoms with Crippen LogP contribution in [0.15, 0.2) is 48.5 Å². The molecule has 3 rings (SSSR count). The van der Waals surface area contributed by atoms with E-state index in [0.29, 0.717) is 29.8 Å². The fourth-order valence-corrected chi connectivity index (χ4v) is 3.99. The number of hydrogen-bond donors (Lipinski definition) is 0. The zero-order valence-corrected chi connectivity index (χ0v) is 17.3. The van der Waals surface area contributed by atoms with Gasteiger partial charge in [0.05, 0.1) is 0 Å². The van der Waals surface area contributed by atoms with Gasteiger partial charge in [0.25, 0.3) is 0 Å². The number of carbonyl (C=O) groups is 2. The summed E-state index contributed by atoms with van der Waals surface area (Å²) in [6, 6.07) is 13.1. The van der Waals surface area contributed by atoms with Crippen LogP contribution >= 0.6 is 11.6 Å². The Balaban J connectivity index is 1.53. The van der Waals surface area contributed by atoms with Crippen LogP contribution in [0, 0.1) is 5.82 Å². The maximum atomic E-state index is 13.0. The summed E-state index contributed by atoms with van der Waals surface area (Å²) in [5.41, 5.74) is 0.876. The van der Waals surface area contributed by atoms with Gasteiger partial charge in [0, 0.05) is 49.9 Å². The van der Waals surface area contributed by atoms with Crippen LogP contribution in [0.5, 0.6) is 0 Å². The van der Waals surface area contributed by atoms with Crippen molar-refractivity contribution < 1.29 is 18.7 Å². The van der Waals surface area contributed by atoms with Gasteiger partial charge < -0.3 is 9.64 Å². The number of hydrogen-bond acceptors (Lipinski definition) is 4. The second-order valence-corrected chi connectivity index (χ2v) is 7.91. The van der Waals surface area contributed by atoms with E-state index in [0.717, 1.165) is 31.6 Å². The van der Waals surface area contributed by atoms with Gasteiger partial charge in [-0.05, 0) is 54.9 Å². The van der Waals surface area contributed by atoms with Crippen molar-refractivity contribution >= 4 is 23.4 Å². The molecule has 0 atom stereocenters. The molecule has 29 heavy (non-hydrogen) atoms. The zero-order valence-electron chi connectivity index (χ0n) is 16.5. The second kappa shape index (κ2) is 9.51. The number of ketones is 1. The lowest BCUT2D eigenvalue weighted by Crippen LogP contribution is -2.45. The summed E-state index contributed by atoms with van der Waals surface area (Å²) in [5.74, 6) is -0.609. The van der Waals surface area contributed by atoms with Crippen LogP contribution in [-0.4, -0.2) is 36.3 Å². The number of halogens is 2. The quantitative estimate of drug-likeness (QED) is 0.470. The Morgan fingerprint density at radius 3 is 2.28 bits per heavy atom. The Hall–Kier alpha value is -2.24. The first kappa shape index (κ1) is 21.5. The molecular formula is C23H25ClFNO3. The van der Waals surface area contributed by atoms with E-state index in [-0.39, 0.29) is 17.6 Å². The van der Waals surface area contributed by atoms with E-state index in [4.69, 9.17) is 16.3 Å². The van der Waals surface area contributed by atoms with Crippen molar-refractivity contribution in [1.29, 1.82) is 0 Å². The molecule has 1 heterocycles. The molecule has 0 N–H and O–H groups in total. The van der Waals surface area contributed by atoms with Crippen molar-refractivity contribution in [2.24, 2.45) is 0 Å². The third-order valence-corrected chi connectivity index (χ3v) is 5.67. The standard InChI is InChI=1S/C23H25ClFNO3/c1-17(27)29-23(19-6-8-20(24)9-7-19)12-15-26(16-13-23)14-2-3-22(28)18-4-10-21(25)11-5-18/h4-11H,2-3,12-16H2,1H3. The number of rotatable bonds is 7. The Morgan fingerprint density at radius 2 is 1.69 bits per heavy atom. The van der Waals surface area contributed by atoms with Crippen LogP contribution in [0.2, 0.25) is 5.02 Å². The van der Waals surface area contributed by atoms with E-state index in [1.807, 2.05) is 24.3 Å². The van der Waals surface area contributed by atoms with Crippen LogP contribution in [0.4, 0.5) is 4.39 Å². The minimum Gasteiger partial charge on any atom is -0.454 e. The molecule has 6 heteroatoms. The molecule has 0 aromatic heterocycles. The number of nitrogens with zero attached hydrogens (tertiary/aromatic N) is 1. The molecule has 1 fully saturated rings. The highest BCUT2D eigenvalue weighted by Gasteiger charge is 2.39. The molecular weight excluding hydrogens is 393 g/mol. The zero-order chi connectivity index (χ0) is 20.9. The third kappa shape index (κ3) is 5.64. The van der Waals surface area contributed by atoms with Crippen LogP contribution in [0.3, 0.4) is 0 Å². The molecule has 0 aliphatic carbocycles. The van der Waals surface area contributed by atoms with E-state index in [1.165, 1.54) is 31.2 Å². The SMILES string of the molecule is CC(=O)OC1(c2ccc(Cl)cc2)CCN(CCCC(=O)c2ccc(F)cc2)CC1. The number of ether oxygens (including phenoxy) is 1. The number of likely N-dealkylation sites (tertiary alicyclic amines) is 1. The summed E-state index contributed by atoms with van der Waals surface area (Å²) in [6.45, 7) is 3.79. The third-order valence-electron chi connectivity index (χ3n) is 5.42. The minimum absolute atomic E-state index is 0.0254. The molecule has 2 aromatic rings. The summed E-state index contributed by atoms with van der Waals surface area (Å²) in [4.78, 5) is 26.2. The molecule has 0 radical (unpaired) electrons. The van der Waals surface area contributed by atoms with Crippen LogP contribution in [-0.2, 0) is 15.1 Å². The molecule has 2 aromatic carbocycles. The molecule has 0 spiro atoms. The lowest BCUT2D eigenvalue weighted by Gasteiger charge is -2.41. The molecule has 0 unspecified atom stereocenters. The molecule has 0 saturated carbocycles. The Bertz CT molecular complexity index is 843. The average molecular weight is 418 g/mol. The minimum atomic E-state index is -0.628. The van der Waals surface area contributed by atoms with Gasteiger partial charge >= 0.3 is 5.97 Å². The van der Waals surface area contributed by atoms with Crippen LogP contribution in [0.1, 0.15) is 48.5 Å². The number of Topliss-reactive ketones (excluding diaryl/α,β-unsaturated/α-hetero) is 1. The number of benzene rings is 2. The van der Waals surface area contributed by atoms with Crippen LogP contribution in [0.25, 0.3) is 0 Å². The Morgan fingerprint density at radius 1 is 1.07 bits per heavy atom.